The fourth-order valence-corrected chi connectivity index (χ4v) is 2.76. The SMILES string of the molecule is CCC1(CC)CC(NC(=O)CCCCCl)CCO1. The normalized spacial score (nSPS) is 22.7. The van der Waals surface area contributed by atoms with Gasteiger partial charge in [0.15, 0.2) is 0 Å². The minimum Gasteiger partial charge on any atom is -0.375 e. The van der Waals surface area contributed by atoms with Gasteiger partial charge in [-0.25, -0.2) is 0 Å². The fourth-order valence-electron chi connectivity index (χ4n) is 2.57. The number of halogens is 1. The molecule has 1 atom stereocenters. The molecular formula is C14H26ClNO2. The van der Waals surface area contributed by atoms with Gasteiger partial charge in [-0.2, -0.15) is 0 Å². The molecule has 0 bridgehead atoms. The first-order chi connectivity index (χ1) is 8.65. The second-order valence-corrected chi connectivity index (χ2v) is 5.52. The van der Waals surface area contributed by atoms with Crippen molar-refractivity contribution in [1.29, 1.82) is 0 Å². The van der Waals surface area contributed by atoms with Gasteiger partial charge in [-0.05, 0) is 38.5 Å². The van der Waals surface area contributed by atoms with Crippen molar-refractivity contribution in [3.63, 3.8) is 0 Å². The lowest BCUT2D eigenvalue weighted by atomic mass is 9.86. The molecule has 0 aliphatic carbocycles. The molecule has 1 aliphatic rings. The Morgan fingerprint density at radius 3 is 2.72 bits per heavy atom. The Morgan fingerprint density at radius 2 is 2.11 bits per heavy atom. The molecule has 4 heteroatoms. The van der Waals surface area contributed by atoms with Gasteiger partial charge in [0, 0.05) is 24.9 Å². The van der Waals surface area contributed by atoms with Gasteiger partial charge in [-0.3, -0.25) is 4.79 Å². The minimum atomic E-state index is -0.0215. The molecule has 1 aliphatic heterocycles. The third-order valence-corrected chi connectivity index (χ3v) is 4.20. The summed E-state index contributed by atoms with van der Waals surface area (Å²) in [5, 5.41) is 3.14. The Hall–Kier alpha value is -0.280. The number of unbranched alkanes of at least 4 members (excludes halogenated alkanes) is 1. The number of hydrogen-bond donors (Lipinski definition) is 1. The van der Waals surface area contributed by atoms with E-state index in [1.165, 1.54) is 0 Å². The summed E-state index contributed by atoms with van der Waals surface area (Å²) >= 11 is 5.60. The minimum absolute atomic E-state index is 0.0215. The van der Waals surface area contributed by atoms with Crippen LogP contribution in [0, 0.1) is 0 Å². The Morgan fingerprint density at radius 1 is 1.39 bits per heavy atom. The van der Waals surface area contributed by atoms with Crippen LogP contribution in [0.25, 0.3) is 0 Å². The summed E-state index contributed by atoms with van der Waals surface area (Å²) in [4.78, 5) is 11.8. The highest BCUT2D eigenvalue weighted by Gasteiger charge is 2.34. The number of carbonyl (C=O) groups is 1. The van der Waals surface area contributed by atoms with Crippen LogP contribution in [-0.2, 0) is 9.53 Å². The van der Waals surface area contributed by atoms with Crippen molar-refractivity contribution in [3.8, 4) is 0 Å². The van der Waals surface area contributed by atoms with Gasteiger partial charge < -0.3 is 10.1 Å². The van der Waals surface area contributed by atoms with E-state index in [-0.39, 0.29) is 17.6 Å². The van der Waals surface area contributed by atoms with Crippen molar-refractivity contribution in [1.82, 2.24) is 5.32 Å². The van der Waals surface area contributed by atoms with Crippen molar-refractivity contribution in [2.24, 2.45) is 0 Å². The third kappa shape index (κ3) is 4.77. The highest BCUT2D eigenvalue weighted by atomic mass is 35.5. The lowest BCUT2D eigenvalue weighted by Crippen LogP contribution is -2.48. The van der Waals surface area contributed by atoms with Crippen LogP contribution in [0.3, 0.4) is 0 Å². The topological polar surface area (TPSA) is 38.3 Å². The van der Waals surface area contributed by atoms with E-state index in [1.54, 1.807) is 0 Å². The Bertz CT molecular complexity index is 254. The first kappa shape index (κ1) is 15.8. The molecule has 1 amide bonds. The van der Waals surface area contributed by atoms with Crippen LogP contribution in [0.1, 0.15) is 58.8 Å². The second-order valence-electron chi connectivity index (χ2n) is 5.14. The molecule has 18 heavy (non-hydrogen) atoms. The number of amides is 1. The van der Waals surface area contributed by atoms with Crippen LogP contribution in [-0.4, -0.2) is 30.0 Å². The molecule has 0 radical (unpaired) electrons. The van der Waals surface area contributed by atoms with E-state index in [0.29, 0.717) is 12.3 Å². The van der Waals surface area contributed by atoms with Gasteiger partial charge in [0.25, 0.3) is 0 Å². The molecule has 1 saturated heterocycles. The molecule has 106 valence electrons. The average Bonchev–Trinajstić information content (AvgIpc) is 2.39. The van der Waals surface area contributed by atoms with E-state index in [4.69, 9.17) is 16.3 Å². The second kappa shape index (κ2) is 8.00. The molecular weight excluding hydrogens is 250 g/mol. The summed E-state index contributed by atoms with van der Waals surface area (Å²) in [6, 6.07) is 0.280. The zero-order valence-corrected chi connectivity index (χ0v) is 12.4. The fraction of sp³-hybridized carbons (Fsp3) is 0.929. The highest BCUT2D eigenvalue weighted by Crippen LogP contribution is 2.31. The number of carbonyl (C=O) groups excluding carboxylic acids is 1. The van der Waals surface area contributed by atoms with Crippen LogP contribution >= 0.6 is 11.6 Å². The molecule has 1 fully saturated rings. The van der Waals surface area contributed by atoms with Crippen molar-refractivity contribution < 1.29 is 9.53 Å². The zero-order valence-electron chi connectivity index (χ0n) is 11.6. The Balaban J connectivity index is 2.35. The number of hydrogen-bond acceptors (Lipinski definition) is 2. The van der Waals surface area contributed by atoms with Crippen LogP contribution in [0.2, 0.25) is 0 Å². The monoisotopic (exact) mass is 275 g/mol. The van der Waals surface area contributed by atoms with E-state index in [9.17, 15) is 4.79 Å². The number of alkyl halides is 1. The average molecular weight is 276 g/mol. The number of ether oxygens (including phenoxy) is 1. The Labute approximate surface area is 116 Å². The molecule has 1 rings (SSSR count). The van der Waals surface area contributed by atoms with E-state index >= 15 is 0 Å². The van der Waals surface area contributed by atoms with Crippen LogP contribution in [0.15, 0.2) is 0 Å². The first-order valence-corrected chi connectivity index (χ1v) is 7.68. The van der Waals surface area contributed by atoms with Gasteiger partial charge >= 0.3 is 0 Å². The molecule has 3 nitrogen and oxygen atoms in total. The first-order valence-electron chi connectivity index (χ1n) is 7.15. The van der Waals surface area contributed by atoms with Crippen LogP contribution in [0.5, 0.6) is 0 Å². The predicted octanol–water partition coefficient (Wildman–Crippen LogP) is 3.25. The van der Waals surface area contributed by atoms with Gasteiger partial charge in [-0.15, -0.1) is 11.6 Å². The number of rotatable bonds is 7. The summed E-state index contributed by atoms with van der Waals surface area (Å²) in [5.74, 6) is 0.799. The summed E-state index contributed by atoms with van der Waals surface area (Å²) in [7, 11) is 0. The zero-order chi connectivity index (χ0) is 13.4. The summed E-state index contributed by atoms with van der Waals surface area (Å²) in [6.45, 7) is 5.08. The summed E-state index contributed by atoms with van der Waals surface area (Å²) < 4.78 is 5.91. The van der Waals surface area contributed by atoms with E-state index in [0.717, 1.165) is 45.1 Å². The number of nitrogens with one attached hydrogen (secondary N) is 1. The third-order valence-electron chi connectivity index (χ3n) is 3.93. The molecule has 0 saturated carbocycles. The van der Waals surface area contributed by atoms with Crippen molar-refractivity contribution in [2.45, 2.75) is 70.4 Å². The maximum absolute atomic E-state index is 11.8. The summed E-state index contributed by atoms with van der Waals surface area (Å²) in [6.07, 6.45) is 6.30. The largest absolute Gasteiger partial charge is 0.375 e. The van der Waals surface area contributed by atoms with Gasteiger partial charge in [0.05, 0.1) is 5.60 Å². The smallest absolute Gasteiger partial charge is 0.220 e. The summed E-state index contributed by atoms with van der Waals surface area (Å²) in [5.41, 5.74) is -0.0215. The van der Waals surface area contributed by atoms with Crippen molar-refractivity contribution in [2.75, 3.05) is 12.5 Å². The van der Waals surface area contributed by atoms with Crippen LogP contribution in [0.4, 0.5) is 0 Å². The van der Waals surface area contributed by atoms with E-state index in [2.05, 4.69) is 19.2 Å². The molecule has 0 aromatic heterocycles. The van der Waals surface area contributed by atoms with Gasteiger partial charge in [0.1, 0.15) is 0 Å². The maximum Gasteiger partial charge on any atom is 0.220 e. The van der Waals surface area contributed by atoms with Crippen molar-refractivity contribution in [3.05, 3.63) is 0 Å². The van der Waals surface area contributed by atoms with Gasteiger partial charge in [-0.1, -0.05) is 13.8 Å². The highest BCUT2D eigenvalue weighted by molar-refractivity contribution is 6.17. The predicted molar refractivity (Wildman–Crippen MR) is 75.0 cm³/mol. The van der Waals surface area contributed by atoms with Crippen molar-refractivity contribution >= 4 is 17.5 Å². The standard InChI is InChI=1S/C14H26ClNO2/c1-3-14(4-2)11-12(8-10-18-14)16-13(17)7-5-6-9-15/h12H,3-11H2,1-2H3,(H,16,17). The van der Waals surface area contributed by atoms with E-state index < -0.39 is 0 Å². The quantitative estimate of drug-likeness (QED) is 0.572. The molecule has 1 unspecified atom stereocenters. The lowest BCUT2D eigenvalue weighted by Gasteiger charge is -2.40. The lowest BCUT2D eigenvalue weighted by molar-refractivity contribution is -0.126. The van der Waals surface area contributed by atoms with E-state index in [1.807, 2.05) is 0 Å². The molecule has 0 aromatic carbocycles. The van der Waals surface area contributed by atoms with Crippen LogP contribution < -0.4 is 5.32 Å². The Kier molecular flexibility index (Phi) is 7.02. The van der Waals surface area contributed by atoms with Gasteiger partial charge in [0.2, 0.25) is 5.91 Å². The molecule has 0 spiro atoms. The maximum atomic E-state index is 11.8. The molecule has 1 N–H and O–H groups in total. The molecule has 0 aromatic rings. The molecule has 1 heterocycles.